The van der Waals surface area contributed by atoms with Gasteiger partial charge in [-0.25, -0.2) is 4.39 Å². The zero-order chi connectivity index (χ0) is 13.0. The molecule has 0 saturated heterocycles. The maximum absolute atomic E-state index is 13.4. The Labute approximate surface area is 114 Å². The molecule has 1 aliphatic carbocycles. The van der Waals surface area contributed by atoms with Crippen LogP contribution >= 0.6 is 11.6 Å². The lowest BCUT2D eigenvalue weighted by Gasteiger charge is -2.22. The number of halogens is 2. The highest BCUT2D eigenvalue weighted by molar-refractivity contribution is 6.30. The third-order valence-electron chi connectivity index (χ3n) is 3.96. The third-order valence-corrected chi connectivity index (χ3v) is 4.27. The van der Waals surface area contributed by atoms with Crippen molar-refractivity contribution in [1.29, 1.82) is 0 Å². The number of benzene rings is 1. The van der Waals surface area contributed by atoms with Gasteiger partial charge in [-0.1, -0.05) is 43.4 Å². The van der Waals surface area contributed by atoms with Gasteiger partial charge in [0, 0.05) is 6.04 Å². The number of rotatable bonds is 3. The molecule has 1 atom stereocenters. The molecule has 1 aliphatic rings. The van der Waals surface area contributed by atoms with Gasteiger partial charge in [-0.15, -0.1) is 0 Å². The van der Waals surface area contributed by atoms with Crippen molar-refractivity contribution >= 4 is 11.6 Å². The van der Waals surface area contributed by atoms with Crippen molar-refractivity contribution in [2.75, 3.05) is 0 Å². The van der Waals surface area contributed by atoms with Crippen molar-refractivity contribution in [2.45, 2.75) is 51.0 Å². The lowest BCUT2D eigenvalue weighted by molar-refractivity contribution is 0.372. The smallest absolute Gasteiger partial charge is 0.142 e. The van der Waals surface area contributed by atoms with Crippen molar-refractivity contribution in [1.82, 2.24) is 0 Å². The molecule has 0 amide bonds. The Morgan fingerprint density at radius 2 is 1.89 bits per heavy atom. The van der Waals surface area contributed by atoms with Crippen LogP contribution in [-0.4, -0.2) is 6.04 Å². The van der Waals surface area contributed by atoms with E-state index in [1.165, 1.54) is 44.6 Å². The molecule has 0 aromatic heterocycles. The standard InChI is InChI=1S/C15H21ClFN/c16-13-8-7-11(9-14(13)17)10-15(18)12-5-3-1-2-4-6-12/h7-9,12,15H,1-6,10,18H2. The fourth-order valence-corrected chi connectivity index (χ4v) is 2.96. The molecule has 1 fully saturated rings. The van der Waals surface area contributed by atoms with E-state index in [2.05, 4.69) is 0 Å². The van der Waals surface area contributed by atoms with E-state index >= 15 is 0 Å². The molecule has 0 heterocycles. The maximum atomic E-state index is 13.4. The summed E-state index contributed by atoms with van der Waals surface area (Å²) in [7, 11) is 0. The van der Waals surface area contributed by atoms with E-state index < -0.39 is 0 Å². The van der Waals surface area contributed by atoms with Gasteiger partial charge in [0.05, 0.1) is 5.02 Å². The summed E-state index contributed by atoms with van der Waals surface area (Å²) in [5.74, 6) is 0.244. The first-order valence-electron chi connectivity index (χ1n) is 6.86. The van der Waals surface area contributed by atoms with Crippen molar-refractivity contribution in [3.05, 3.63) is 34.6 Å². The predicted octanol–water partition coefficient (Wildman–Crippen LogP) is 4.32. The van der Waals surface area contributed by atoms with Gasteiger partial charge in [-0.05, 0) is 42.9 Å². The molecule has 1 nitrogen and oxygen atoms in total. The van der Waals surface area contributed by atoms with Crippen LogP contribution in [0.5, 0.6) is 0 Å². The number of nitrogens with two attached hydrogens (primary N) is 1. The molecule has 0 radical (unpaired) electrons. The molecule has 0 spiro atoms. The van der Waals surface area contributed by atoms with Crippen LogP contribution in [-0.2, 0) is 6.42 Å². The summed E-state index contributed by atoms with van der Waals surface area (Å²) >= 11 is 5.68. The fraction of sp³-hybridized carbons (Fsp3) is 0.600. The van der Waals surface area contributed by atoms with Crippen molar-refractivity contribution < 1.29 is 4.39 Å². The zero-order valence-electron chi connectivity index (χ0n) is 10.7. The molecule has 0 aliphatic heterocycles. The molecule has 18 heavy (non-hydrogen) atoms. The van der Waals surface area contributed by atoms with Gasteiger partial charge in [0.1, 0.15) is 5.82 Å². The quantitative estimate of drug-likeness (QED) is 0.813. The lowest BCUT2D eigenvalue weighted by Crippen LogP contribution is -2.32. The molecule has 0 bridgehead atoms. The predicted molar refractivity (Wildman–Crippen MR) is 74.3 cm³/mol. The Balaban J connectivity index is 1.96. The monoisotopic (exact) mass is 269 g/mol. The summed E-state index contributed by atoms with van der Waals surface area (Å²) in [5.41, 5.74) is 7.24. The summed E-state index contributed by atoms with van der Waals surface area (Å²) in [6.45, 7) is 0. The van der Waals surface area contributed by atoms with Crippen LogP contribution < -0.4 is 5.73 Å². The molecule has 3 heteroatoms. The third kappa shape index (κ3) is 3.69. The van der Waals surface area contributed by atoms with Crippen LogP contribution in [0.4, 0.5) is 4.39 Å². The van der Waals surface area contributed by atoms with E-state index in [9.17, 15) is 4.39 Å². The van der Waals surface area contributed by atoms with Crippen molar-refractivity contribution in [2.24, 2.45) is 11.7 Å². The van der Waals surface area contributed by atoms with E-state index in [4.69, 9.17) is 17.3 Å². The molecule has 2 rings (SSSR count). The highest BCUT2D eigenvalue weighted by Gasteiger charge is 2.19. The van der Waals surface area contributed by atoms with Gasteiger partial charge < -0.3 is 5.73 Å². The van der Waals surface area contributed by atoms with Gasteiger partial charge in [-0.3, -0.25) is 0 Å². The minimum Gasteiger partial charge on any atom is -0.327 e. The molecule has 100 valence electrons. The van der Waals surface area contributed by atoms with Gasteiger partial charge in [-0.2, -0.15) is 0 Å². The highest BCUT2D eigenvalue weighted by Crippen LogP contribution is 2.26. The van der Waals surface area contributed by atoms with Crippen LogP contribution in [0.2, 0.25) is 5.02 Å². The fourth-order valence-electron chi connectivity index (χ4n) is 2.84. The van der Waals surface area contributed by atoms with E-state index in [0.717, 1.165) is 12.0 Å². The van der Waals surface area contributed by atoms with Crippen molar-refractivity contribution in [3.63, 3.8) is 0 Å². The average molecular weight is 270 g/mol. The first-order valence-corrected chi connectivity index (χ1v) is 7.24. The van der Waals surface area contributed by atoms with Gasteiger partial charge in [0.25, 0.3) is 0 Å². The normalized spacial score (nSPS) is 19.5. The van der Waals surface area contributed by atoms with E-state index in [-0.39, 0.29) is 16.9 Å². The van der Waals surface area contributed by atoms with Crippen LogP contribution in [0.1, 0.15) is 44.1 Å². The van der Waals surface area contributed by atoms with Gasteiger partial charge in [0.2, 0.25) is 0 Å². The van der Waals surface area contributed by atoms with E-state index in [1.54, 1.807) is 6.07 Å². The lowest BCUT2D eigenvalue weighted by atomic mass is 9.88. The first-order chi connectivity index (χ1) is 8.66. The summed E-state index contributed by atoms with van der Waals surface area (Å²) in [5, 5.41) is 0.182. The minimum atomic E-state index is -0.345. The molecule has 2 N–H and O–H groups in total. The van der Waals surface area contributed by atoms with Crippen molar-refractivity contribution in [3.8, 4) is 0 Å². The molecular weight excluding hydrogens is 249 g/mol. The SMILES string of the molecule is NC(Cc1ccc(Cl)c(F)c1)C1CCCCCC1. The molecule has 1 unspecified atom stereocenters. The Morgan fingerprint density at radius 1 is 1.22 bits per heavy atom. The second-order valence-electron chi connectivity index (χ2n) is 5.37. The zero-order valence-corrected chi connectivity index (χ0v) is 11.4. The second kappa shape index (κ2) is 6.53. The molecule has 1 aromatic carbocycles. The Kier molecular flexibility index (Phi) is 5.02. The highest BCUT2D eigenvalue weighted by atomic mass is 35.5. The summed E-state index contributed by atoms with van der Waals surface area (Å²) < 4.78 is 13.4. The van der Waals surface area contributed by atoms with Crippen LogP contribution in [0.15, 0.2) is 18.2 Å². The summed E-state index contributed by atoms with van der Waals surface area (Å²) in [6.07, 6.45) is 8.42. The number of hydrogen-bond acceptors (Lipinski definition) is 1. The van der Waals surface area contributed by atoms with Gasteiger partial charge >= 0.3 is 0 Å². The van der Waals surface area contributed by atoms with E-state index in [0.29, 0.717) is 5.92 Å². The molecular formula is C15H21ClFN. The van der Waals surface area contributed by atoms with Crippen LogP contribution in [0, 0.1) is 11.7 Å². The summed E-state index contributed by atoms with van der Waals surface area (Å²) in [6, 6.07) is 5.15. The largest absolute Gasteiger partial charge is 0.327 e. The molecule has 1 saturated carbocycles. The van der Waals surface area contributed by atoms with E-state index in [1.807, 2.05) is 6.07 Å². The Bertz CT molecular complexity index is 386. The summed E-state index contributed by atoms with van der Waals surface area (Å²) in [4.78, 5) is 0. The molecule has 1 aromatic rings. The second-order valence-corrected chi connectivity index (χ2v) is 5.78. The Hall–Kier alpha value is -0.600. The van der Waals surface area contributed by atoms with Crippen LogP contribution in [0.25, 0.3) is 0 Å². The maximum Gasteiger partial charge on any atom is 0.142 e. The van der Waals surface area contributed by atoms with Crippen LogP contribution in [0.3, 0.4) is 0 Å². The van der Waals surface area contributed by atoms with Gasteiger partial charge in [0.15, 0.2) is 0 Å². The minimum absolute atomic E-state index is 0.142. The first kappa shape index (κ1) is 13.8. The topological polar surface area (TPSA) is 26.0 Å². The Morgan fingerprint density at radius 3 is 2.50 bits per heavy atom. The average Bonchev–Trinajstić information content (AvgIpc) is 2.62. The number of hydrogen-bond donors (Lipinski definition) is 1.